The van der Waals surface area contributed by atoms with Crippen molar-refractivity contribution in [1.82, 2.24) is 0 Å². The second kappa shape index (κ2) is 4.96. The largest absolute Gasteiger partial charge is 0.493 e. The van der Waals surface area contributed by atoms with Crippen LogP contribution in [0.4, 0.5) is 17.1 Å². The van der Waals surface area contributed by atoms with Gasteiger partial charge in [-0.05, 0) is 18.1 Å². The number of para-hydroxylation sites is 1. The van der Waals surface area contributed by atoms with Crippen molar-refractivity contribution in [1.29, 1.82) is 0 Å². The minimum absolute atomic E-state index is 0.654. The third-order valence-corrected chi connectivity index (χ3v) is 3.71. The zero-order chi connectivity index (χ0) is 14.1. The van der Waals surface area contributed by atoms with Gasteiger partial charge in [0.25, 0.3) is 0 Å². The average molecular weight is 270 g/mol. The van der Waals surface area contributed by atoms with Crippen LogP contribution in [0.1, 0.15) is 5.56 Å². The summed E-state index contributed by atoms with van der Waals surface area (Å²) in [5.41, 5.74) is 10.4. The molecule has 2 N–H and O–H groups in total. The number of nitrogens with two attached hydrogens (primary N) is 1. The second-order valence-corrected chi connectivity index (χ2v) is 4.80. The Hall–Kier alpha value is -2.36. The highest BCUT2D eigenvalue weighted by Gasteiger charge is 2.23. The van der Waals surface area contributed by atoms with Gasteiger partial charge in [-0.1, -0.05) is 18.2 Å². The van der Waals surface area contributed by atoms with Crippen molar-refractivity contribution in [3.8, 4) is 11.5 Å². The molecule has 20 heavy (non-hydrogen) atoms. The molecule has 0 unspecified atom stereocenters. The summed E-state index contributed by atoms with van der Waals surface area (Å²) in [6, 6.07) is 12.2. The third kappa shape index (κ3) is 1.93. The number of ether oxygens (including phenoxy) is 2. The fourth-order valence-electron chi connectivity index (χ4n) is 2.71. The Morgan fingerprint density at radius 3 is 2.45 bits per heavy atom. The zero-order valence-electron chi connectivity index (χ0n) is 11.7. The second-order valence-electron chi connectivity index (χ2n) is 4.80. The summed E-state index contributed by atoms with van der Waals surface area (Å²) in [4.78, 5) is 2.23. The van der Waals surface area contributed by atoms with Gasteiger partial charge in [-0.2, -0.15) is 0 Å². The van der Waals surface area contributed by atoms with Gasteiger partial charge in [-0.15, -0.1) is 0 Å². The van der Waals surface area contributed by atoms with E-state index in [1.165, 1.54) is 11.3 Å². The van der Waals surface area contributed by atoms with Crippen LogP contribution in [0.25, 0.3) is 0 Å². The number of anilines is 3. The number of fused-ring (bicyclic) bond motifs is 1. The first-order valence-electron chi connectivity index (χ1n) is 6.61. The molecule has 0 amide bonds. The van der Waals surface area contributed by atoms with Crippen LogP contribution in [0.2, 0.25) is 0 Å². The average Bonchev–Trinajstić information content (AvgIpc) is 2.90. The van der Waals surface area contributed by atoms with Gasteiger partial charge in [0.2, 0.25) is 0 Å². The Bertz CT molecular complexity index is 640. The fourth-order valence-corrected chi connectivity index (χ4v) is 2.71. The van der Waals surface area contributed by atoms with Crippen LogP contribution in [0.15, 0.2) is 36.4 Å². The third-order valence-electron chi connectivity index (χ3n) is 3.71. The van der Waals surface area contributed by atoms with E-state index >= 15 is 0 Å². The molecule has 0 aromatic heterocycles. The van der Waals surface area contributed by atoms with E-state index in [-0.39, 0.29) is 0 Å². The van der Waals surface area contributed by atoms with Gasteiger partial charge in [-0.3, -0.25) is 0 Å². The van der Waals surface area contributed by atoms with E-state index in [0.29, 0.717) is 17.2 Å². The Balaban J connectivity index is 2.08. The van der Waals surface area contributed by atoms with Crippen molar-refractivity contribution in [3.63, 3.8) is 0 Å². The summed E-state index contributed by atoms with van der Waals surface area (Å²) in [6.45, 7) is 0.930. The molecule has 4 nitrogen and oxygen atoms in total. The molecule has 0 radical (unpaired) electrons. The van der Waals surface area contributed by atoms with Gasteiger partial charge >= 0.3 is 0 Å². The molecule has 2 aromatic carbocycles. The van der Waals surface area contributed by atoms with Crippen molar-refractivity contribution >= 4 is 17.1 Å². The van der Waals surface area contributed by atoms with E-state index in [4.69, 9.17) is 15.2 Å². The standard InChI is InChI=1S/C16H18N2O2/c1-19-15-9-12(17)14(10-16(15)20-2)18-8-7-11-5-3-4-6-13(11)18/h3-6,9-10H,7-8,17H2,1-2H3. The summed E-state index contributed by atoms with van der Waals surface area (Å²) in [5.74, 6) is 1.35. The number of nitrogen functional groups attached to an aromatic ring is 1. The predicted molar refractivity (Wildman–Crippen MR) is 81.1 cm³/mol. The number of hydrogen-bond acceptors (Lipinski definition) is 4. The molecule has 1 aliphatic rings. The SMILES string of the molecule is COc1cc(N)c(N2CCc3ccccc32)cc1OC. The minimum atomic E-state index is 0.654. The van der Waals surface area contributed by atoms with Crippen molar-refractivity contribution < 1.29 is 9.47 Å². The Morgan fingerprint density at radius 2 is 1.70 bits per heavy atom. The number of nitrogens with zero attached hydrogens (tertiary/aromatic N) is 1. The number of benzene rings is 2. The van der Waals surface area contributed by atoms with E-state index < -0.39 is 0 Å². The maximum Gasteiger partial charge on any atom is 0.162 e. The lowest BCUT2D eigenvalue weighted by atomic mass is 10.1. The number of rotatable bonds is 3. The maximum atomic E-state index is 6.18. The topological polar surface area (TPSA) is 47.7 Å². The first-order chi connectivity index (χ1) is 9.74. The molecule has 0 aliphatic carbocycles. The normalized spacial score (nSPS) is 13.2. The maximum absolute atomic E-state index is 6.18. The quantitative estimate of drug-likeness (QED) is 0.871. The van der Waals surface area contributed by atoms with E-state index in [9.17, 15) is 0 Å². The highest BCUT2D eigenvalue weighted by molar-refractivity contribution is 5.81. The summed E-state index contributed by atoms with van der Waals surface area (Å²) >= 11 is 0. The molecule has 1 aliphatic heterocycles. The van der Waals surface area contributed by atoms with Gasteiger partial charge in [0.1, 0.15) is 0 Å². The molecule has 2 aromatic rings. The van der Waals surface area contributed by atoms with Gasteiger partial charge < -0.3 is 20.1 Å². The van der Waals surface area contributed by atoms with Crippen molar-refractivity contribution in [3.05, 3.63) is 42.0 Å². The molecule has 4 heteroatoms. The first-order valence-corrected chi connectivity index (χ1v) is 6.61. The molecule has 0 fully saturated rings. The smallest absolute Gasteiger partial charge is 0.162 e. The summed E-state index contributed by atoms with van der Waals surface area (Å²) in [7, 11) is 3.25. The molecular weight excluding hydrogens is 252 g/mol. The minimum Gasteiger partial charge on any atom is -0.493 e. The van der Waals surface area contributed by atoms with E-state index in [0.717, 1.165) is 18.7 Å². The molecule has 1 heterocycles. The van der Waals surface area contributed by atoms with E-state index in [1.807, 2.05) is 18.2 Å². The molecule has 0 saturated carbocycles. The molecule has 0 bridgehead atoms. The molecule has 0 atom stereocenters. The van der Waals surface area contributed by atoms with Crippen LogP contribution in [-0.4, -0.2) is 20.8 Å². The highest BCUT2D eigenvalue weighted by atomic mass is 16.5. The van der Waals surface area contributed by atoms with Gasteiger partial charge in [0, 0.05) is 24.4 Å². The Kier molecular flexibility index (Phi) is 3.14. The molecule has 0 saturated heterocycles. The monoisotopic (exact) mass is 270 g/mol. The zero-order valence-corrected chi connectivity index (χ0v) is 11.7. The van der Waals surface area contributed by atoms with Gasteiger partial charge in [0.15, 0.2) is 11.5 Å². The predicted octanol–water partition coefficient (Wildman–Crippen LogP) is 2.98. The lowest BCUT2D eigenvalue weighted by molar-refractivity contribution is 0.355. The summed E-state index contributed by atoms with van der Waals surface area (Å²) in [5, 5.41) is 0. The van der Waals surface area contributed by atoms with Crippen LogP contribution in [0.3, 0.4) is 0 Å². The number of methoxy groups -OCH3 is 2. The molecule has 104 valence electrons. The summed E-state index contributed by atoms with van der Waals surface area (Å²) < 4.78 is 10.7. The Labute approximate surface area is 118 Å². The van der Waals surface area contributed by atoms with Crippen molar-refractivity contribution in [2.75, 3.05) is 31.4 Å². The highest BCUT2D eigenvalue weighted by Crippen LogP contribution is 2.42. The van der Waals surface area contributed by atoms with E-state index in [2.05, 4.69) is 23.1 Å². The fraction of sp³-hybridized carbons (Fsp3) is 0.250. The summed E-state index contributed by atoms with van der Waals surface area (Å²) in [6.07, 6.45) is 1.03. The van der Waals surface area contributed by atoms with Crippen molar-refractivity contribution in [2.45, 2.75) is 6.42 Å². The molecule has 3 rings (SSSR count). The van der Waals surface area contributed by atoms with Crippen LogP contribution in [-0.2, 0) is 6.42 Å². The van der Waals surface area contributed by atoms with Crippen LogP contribution in [0.5, 0.6) is 11.5 Å². The Morgan fingerprint density at radius 1 is 1.00 bits per heavy atom. The first kappa shape index (κ1) is 12.7. The van der Waals surface area contributed by atoms with Crippen LogP contribution < -0.4 is 20.1 Å². The lowest BCUT2D eigenvalue weighted by Crippen LogP contribution is -2.15. The molecular formula is C16H18N2O2. The molecule has 0 spiro atoms. The van der Waals surface area contributed by atoms with Gasteiger partial charge in [0.05, 0.1) is 25.6 Å². The lowest BCUT2D eigenvalue weighted by Gasteiger charge is -2.23. The van der Waals surface area contributed by atoms with Crippen molar-refractivity contribution in [2.24, 2.45) is 0 Å². The number of hydrogen-bond donors (Lipinski definition) is 1. The van der Waals surface area contributed by atoms with Gasteiger partial charge in [-0.25, -0.2) is 0 Å². The van der Waals surface area contributed by atoms with Crippen LogP contribution >= 0.6 is 0 Å². The van der Waals surface area contributed by atoms with E-state index in [1.54, 1.807) is 14.2 Å². The van der Waals surface area contributed by atoms with Crippen LogP contribution in [0, 0.1) is 0 Å².